The normalized spacial score (nSPS) is 10.9. The van der Waals surface area contributed by atoms with Crippen molar-refractivity contribution in [3.8, 4) is 0 Å². The number of carbonyl (C=O) groups excluding carboxylic acids is 1. The lowest BCUT2D eigenvalue weighted by molar-refractivity contribution is -0.383. The number of aryl methyl sites for hydroxylation is 1. The second kappa shape index (κ2) is 6.45. The van der Waals surface area contributed by atoms with Crippen LogP contribution in [0.1, 0.15) is 35.0 Å². The quantitative estimate of drug-likeness (QED) is 0.363. The summed E-state index contributed by atoms with van der Waals surface area (Å²) in [6, 6.07) is 11.1. The Morgan fingerprint density at radius 3 is 2.67 bits per heavy atom. The van der Waals surface area contributed by atoms with E-state index in [0.29, 0.717) is 28.4 Å². The van der Waals surface area contributed by atoms with Crippen LogP contribution in [0.25, 0.3) is 11.0 Å². The van der Waals surface area contributed by atoms with Crippen molar-refractivity contribution in [2.24, 2.45) is 0 Å². The van der Waals surface area contributed by atoms with Gasteiger partial charge in [-0.05, 0) is 24.6 Å². The van der Waals surface area contributed by atoms with Gasteiger partial charge in [0, 0.05) is 23.1 Å². The number of nitrogens with zero attached hydrogens (tertiary/aromatic N) is 1. The van der Waals surface area contributed by atoms with Crippen molar-refractivity contribution in [1.82, 2.24) is 0 Å². The number of halogens is 1. The van der Waals surface area contributed by atoms with E-state index in [1.165, 1.54) is 6.07 Å². The standard InChI is InChI=1S/C18H14ClNO4/c1-2-5-14-17(18(21)11-6-3-7-12(19)10-11)16-13(20(22)23)8-4-9-15(16)24-14/h3-4,6-10H,2,5H2,1H3. The highest BCUT2D eigenvalue weighted by Crippen LogP contribution is 2.35. The number of ketones is 1. The van der Waals surface area contributed by atoms with E-state index in [4.69, 9.17) is 16.0 Å². The SMILES string of the molecule is CCCc1oc2cccc([N+](=O)[O-])c2c1C(=O)c1cccc(Cl)c1. The van der Waals surface area contributed by atoms with Crippen molar-refractivity contribution >= 4 is 34.0 Å². The van der Waals surface area contributed by atoms with Crippen LogP contribution in [-0.2, 0) is 6.42 Å². The van der Waals surface area contributed by atoms with Gasteiger partial charge >= 0.3 is 0 Å². The fraction of sp³-hybridized carbons (Fsp3) is 0.167. The predicted molar refractivity (Wildman–Crippen MR) is 91.7 cm³/mol. The first kappa shape index (κ1) is 16.2. The molecule has 0 N–H and O–H groups in total. The summed E-state index contributed by atoms with van der Waals surface area (Å²) in [5.41, 5.74) is 0.837. The molecule has 0 atom stereocenters. The van der Waals surface area contributed by atoms with Gasteiger partial charge in [-0.15, -0.1) is 0 Å². The molecule has 0 bridgehead atoms. The van der Waals surface area contributed by atoms with Gasteiger partial charge in [-0.25, -0.2) is 0 Å². The third kappa shape index (κ3) is 2.78. The number of non-ortho nitro benzene ring substituents is 1. The molecule has 6 heteroatoms. The first-order chi connectivity index (χ1) is 11.5. The van der Waals surface area contributed by atoms with E-state index in [1.54, 1.807) is 36.4 Å². The van der Waals surface area contributed by atoms with Gasteiger partial charge in [0.1, 0.15) is 16.7 Å². The lowest BCUT2D eigenvalue weighted by Gasteiger charge is -2.03. The molecule has 0 amide bonds. The maximum Gasteiger partial charge on any atom is 0.281 e. The van der Waals surface area contributed by atoms with Crippen molar-refractivity contribution in [3.05, 3.63) is 74.5 Å². The molecule has 122 valence electrons. The molecule has 24 heavy (non-hydrogen) atoms. The third-order valence-corrected chi connectivity index (χ3v) is 3.99. The second-order valence-electron chi connectivity index (χ2n) is 5.40. The monoisotopic (exact) mass is 343 g/mol. The molecule has 0 fully saturated rings. The number of fused-ring (bicyclic) bond motifs is 1. The molecular weight excluding hydrogens is 330 g/mol. The van der Waals surface area contributed by atoms with E-state index in [2.05, 4.69) is 0 Å². The highest BCUT2D eigenvalue weighted by Gasteiger charge is 2.27. The highest BCUT2D eigenvalue weighted by molar-refractivity contribution is 6.31. The number of furan rings is 1. The van der Waals surface area contributed by atoms with Gasteiger partial charge in [-0.1, -0.05) is 36.7 Å². The molecule has 0 saturated heterocycles. The van der Waals surface area contributed by atoms with Crippen LogP contribution in [0.2, 0.25) is 5.02 Å². The summed E-state index contributed by atoms with van der Waals surface area (Å²) in [7, 11) is 0. The number of hydrogen-bond acceptors (Lipinski definition) is 4. The fourth-order valence-corrected chi connectivity index (χ4v) is 2.94. The Morgan fingerprint density at radius 2 is 2.00 bits per heavy atom. The summed E-state index contributed by atoms with van der Waals surface area (Å²) < 4.78 is 5.75. The number of benzene rings is 2. The smallest absolute Gasteiger partial charge is 0.281 e. The van der Waals surface area contributed by atoms with Crippen molar-refractivity contribution in [3.63, 3.8) is 0 Å². The minimum Gasteiger partial charge on any atom is -0.460 e. The lowest BCUT2D eigenvalue weighted by Crippen LogP contribution is -2.04. The van der Waals surface area contributed by atoms with Gasteiger partial charge in [0.25, 0.3) is 5.69 Å². The van der Waals surface area contributed by atoms with E-state index in [9.17, 15) is 14.9 Å². The molecular formula is C18H14ClNO4. The maximum absolute atomic E-state index is 13.0. The van der Waals surface area contributed by atoms with Crippen LogP contribution in [0, 0.1) is 10.1 Å². The van der Waals surface area contributed by atoms with Crippen molar-refractivity contribution in [1.29, 1.82) is 0 Å². The van der Waals surface area contributed by atoms with E-state index in [1.807, 2.05) is 6.92 Å². The van der Waals surface area contributed by atoms with E-state index in [0.717, 1.165) is 6.42 Å². The van der Waals surface area contributed by atoms with Crippen LogP contribution < -0.4 is 0 Å². The Morgan fingerprint density at radius 1 is 1.25 bits per heavy atom. The first-order valence-electron chi connectivity index (χ1n) is 7.52. The van der Waals surface area contributed by atoms with Crippen molar-refractivity contribution in [2.45, 2.75) is 19.8 Å². The van der Waals surface area contributed by atoms with Gasteiger partial charge in [0.2, 0.25) is 0 Å². The summed E-state index contributed by atoms with van der Waals surface area (Å²) in [4.78, 5) is 23.9. The molecule has 0 radical (unpaired) electrons. The molecule has 0 aliphatic carbocycles. The van der Waals surface area contributed by atoms with Gasteiger partial charge in [-0.3, -0.25) is 14.9 Å². The van der Waals surface area contributed by atoms with Crippen LogP contribution >= 0.6 is 11.6 Å². The molecule has 0 aliphatic heterocycles. The molecule has 1 aromatic heterocycles. The summed E-state index contributed by atoms with van der Waals surface area (Å²) in [5, 5.41) is 12.1. The minimum absolute atomic E-state index is 0.135. The first-order valence-corrected chi connectivity index (χ1v) is 7.89. The molecule has 0 aliphatic rings. The molecule has 0 saturated carbocycles. The van der Waals surface area contributed by atoms with Crippen LogP contribution in [0.15, 0.2) is 46.9 Å². The number of rotatable bonds is 5. The molecule has 0 spiro atoms. The number of nitro benzene ring substituents is 1. The average Bonchev–Trinajstić information content (AvgIpc) is 2.92. The van der Waals surface area contributed by atoms with Crippen molar-refractivity contribution < 1.29 is 14.1 Å². The van der Waals surface area contributed by atoms with E-state index >= 15 is 0 Å². The zero-order valence-electron chi connectivity index (χ0n) is 12.9. The Hall–Kier alpha value is -2.66. The Kier molecular flexibility index (Phi) is 4.36. The maximum atomic E-state index is 13.0. The summed E-state index contributed by atoms with van der Waals surface area (Å²) >= 11 is 5.97. The summed E-state index contributed by atoms with van der Waals surface area (Å²) in [6.45, 7) is 1.95. The van der Waals surface area contributed by atoms with Crippen molar-refractivity contribution in [2.75, 3.05) is 0 Å². The molecule has 1 heterocycles. The Labute approximate surface area is 143 Å². The van der Waals surface area contributed by atoms with E-state index < -0.39 is 4.92 Å². The highest BCUT2D eigenvalue weighted by atomic mass is 35.5. The molecule has 3 aromatic rings. The molecule has 0 unspecified atom stereocenters. The molecule has 3 rings (SSSR count). The Balaban J connectivity index is 2.29. The number of carbonyl (C=O) groups is 1. The molecule has 5 nitrogen and oxygen atoms in total. The molecule has 2 aromatic carbocycles. The summed E-state index contributed by atoms with van der Waals surface area (Å²) in [5.74, 6) is 0.140. The third-order valence-electron chi connectivity index (χ3n) is 3.75. The minimum atomic E-state index is -0.498. The Bertz CT molecular complexity index is 945. The zero-order chi connectivity index (χ0) is 17.3. The number of hydrogen-bond donors (Lipinski definition) is 0. The fourth-order valence-electron chi connectivity index (χ4n) is 2.75. The van der Waals surface area contributed by atoms with Crippen LogP contribution in [-0.4, -0.2) is 10.7 Å². The largest absolute Gasteiger partial charge is 0.460 e. The van der Waals surface area contributed by atoms with Crippen LogP contribution in [0.4, 0.5) is 5.69 Å². The van der Waals surface area contributed by atoms with E-state index in [-0.39, 0.29) is 22.4 Å². The second-order valence-corrected chi connectivity index (χ2v) is 5.83. The zero-order valence-corrected chi connectivity index (χ0v) is 13.7. The van der Waals surface area contributed by atoms with Crippen LogP contribution in [0.3, 0.4) is 0 Å². The van der Waals surface area contributed by atoms with Gasteiger partial charge in [-0.2, -0.15) is 0 Å². The topological polar surface area (TPSA) is 73.3 Å². The average molecular weight is 344 g/mol. The summed E-state index contributed by atoms with van der Waals surface area (Å²) in [6.07, 6.45) is 1.27. The van der Waals surface area contributed by atoms with Crippen LogP contribution in [0.5, 0.6) is 0 Å². The van der Waals surface area contributed by atoms with Gasteiger partial charge < -0.3 is 4.42 Å². The van der Waals surface area contributed by atoms with Gasteiger partial charge in [0.15, 0.2) is 5.78 Å². The number of nitro groups is 1. The predicted octanol–water partition coefficient (Wildman–Crippen LogP) is 5.18. The van der Waals surface area contributed by atoms with Gasteiger partial charge in [0.05, 0.1) is 10.5 Å². The lowest BCUT2D eigenvalue weighted by atomic mass is 9.98.